The Balaban J connectivity index is 0.000000152. The van der Waals surface area contributed by atoms with Crippen molar-refractivity contribution in [1.82, 2.24) is 0 Å². The molecule has 0 nitrogen and oxygen atoms in total. The summed E-state index contributed by atoms with van der Waals surface area (Å²) in [5.41, 5.74) is 7.66. The van der Waals surface area contributed by atoms with Crippen molar-refractivity contribution in [3.05, 3.63) is 182 Å². The quantitative estimate of drug-likeness (QED) is 0.225. The van der Waals surface area contributed by atoms with Gasteiger partial charge in [-0.1, -0.05) is 182 Å². The van der Waals surface area contributed by atoms with Gasteiger partial charge < -0.3 is 0 Å². The summed E-state index contributed by atoms with van der Waals surface area (Å²) in [4.78, 5) is 0. The number of hydrogen-bond donors (Lipinski definition) is 0. The van der Waals surface area contributed by atoms with Crippen LogP contribution in [0.5, 0.6) is 0 Å². The van der Waals surface area contributed by atoms with E-state index in [-0.39, 0.29) is 8.41 Å². The molecular weight excluding hydrogens is 443 g/mol. The van der Waals surface area contributed by atoms with E-state index in [0.29, 0.717) is 0 Å². The maximum absolute atomic E-state index is 2.12. The highest BCUT2D eigenvalue weighted by molar-refractivity contribution is 5.75. The van der Waals surface area contributed by atoms with Crippen LogP contribution in [0.4, 0.5) is 0 Å². The van der Waals surface area contributed by atoms with Crippen LogP contribution in [-0.4, -0.2) is 8.41 Å². The fraction of sp³-hybridized carbons (Fsp3) is 0. The Kier molecular flexibility index (Phi) is 11.2. The van der Waals surface area contributed by atoms with Crippen LogP contribution in [0.1, 0.15) is 0 Å². The van der Waals surface area contributed by atoms with Gasteiger partial charge in [0.1, 0.15) is 0 Å². The molecule has 0 aliphatic rings. The maximum Gasteiger partial charge on any atom is 0 e. The number of benzene rings is 6. The number of rotatable bonds is 3. The summed E-state index contributed by atoms with van der Waals surface area (Å²) in [5.74, 6) is 0. The highest BCUT2D eigenvalue weighted by atomic mass is 14.0. The molecule has 0 fully saturated rings. The predicted octanol–water partition coefficient (Wildman–Crippen LogP) is 9.68. The first-order chi connectivity index (χ1) is 17.9. The molecule has 0 aliphatic carbocycles. The topological polar surface area (TPSA) is 0 Å². The standard InChI is InChI=1S/3C12H10.B/c3*1-3-7-11(8-4-1)12-9-5-2-6-10-12;/h3*1-10H;. The minimum Gasteiger partial charge on any atom is -0.0622 e. The molecule has 0 spiro atoms. The lowest BCUT2D eigenvalue weighted by molar-refractivity contribution is 1.62. The van der Waals surface area contributed by atoms with Gasteiger partial charge in [-0.3, -0.25) is 0 Å². The molecule has 0 aromatic heterocycles. The minimum atomic E-state index is 0. The van der Waals surface area contributed by atoms with Crippen molar-refractivity contribution in [2.45, 2.75) is 0 Å². The first kappa shape index (κ1) is 27.0. The van der Waals surface area contributed by atoms with Gasteiger partial charge in [-0.25, -0.2) is 0 Å². The zero-order valence-corrected chi connectivity index (χ0v) is 20.9. The van der Waals surface area contributed by atoms with Crippen molar-refractivity contribution in [1.29, 1.82) is 0 Å². The van der Waals surface area contributed by atoms with Crippen molar-refractivity contribution in [3.8, 4) is 33.4 Å². The molecule has 0 N–H and O–H groups in total. The SMILES string of the molecule is [B].c1ccc(-c2ccccc2)cc1.c1ccc(-c2ccccc2)cc1.c1ccc(-c2ccccc2)cc1. The summed E-state index contributed by atoms with van der Waals surface area (Å²) in [7, 11) is 0. The van der Waals surface area contributed by atoms with Gasteiger partial charge in [0.05, 0.1) is 0 Å². The highest BCUT2D eigenvalue weighted by Gasteiger charge is 1.93. The molecule has 177 valence electrons. The molecule has 6 rings (SSSR count). The Labute approximate surface area is 223 Å². The largest absolute Gasteiger partial charge is 0.0622 e. The molecule has 0 unspecified atom stereocenters. The van der Waals surface area contributed by atoms with Crippen LogP contribution in [0.25, 0.3) is 33.4 Å². The van der Waals surface area contributed by atoms with Crippen molar-refractivity contribution in [2.75, 3.05) is 0 Å². The fourth-order valence-electron chi connectivity index (χ4n) is 3.78. The Morgan fingerprint density at radius 2 is 0.270 bits per heavy atom. The molecule has 0 saturated carbocycles. The van der Waals surface area contributed by atoms with E-state index in [0.717, 1.165) is 0 Å². The summed E-state index contributed by atoms with van der Waals surface area (Å²) < 4.78 is 0. The normalized spacial score (nSPS) is 9.41. The van der Waals surface area contributed by atoms with Gasteiger partial charge in [0.15, 0.2) is 0 Å². The third-order valence-corrected chi connectivity index (χ3v) is 5.64. The molecule has 1 heteroatoms. The van der Waals surface area contributed by atoms with Crippen molar-refractivity contribution in [3.63, 3.8) is 0 Å². The molecule has 0 aliphatic heterocycles. The van der Waals surface area contributed by atoms with Crippen molar-refractivity contribution < 1.29 is 0 Å². The van der Waals surface area contributed by atoms with E-state index in [1.807, 2.05) is 36.4 Å². The molecule has 37 heavy (non-hydrogen) atoms. The first-order valence-corrected chi connectivity index (χ1v) is 12.2. The molecule has 3 radical (unpaired) electrons. The Bertz CT molecular complexity index is 1080. The summed E-state index contributed by atoms with van der Waals surface area (Å²) in [6.07, 6.45) is 0. The maximum atomic E-state index is 2.12. The van der Waals surface area contributed by atoms with E-state index in [4.69, 9.17) is 0 Å². The van der Waals surface area contributed by atoms with E-state index in [1.165, 1.54) is 33.4 Å². The summed E-state index contributed by atoms with van der Waals surface area (Å²) >= 11 is 0. The lowest BCUT2D eigenvalue weighted by atomic mass is 10.1. The van der Waals surface area contributed by atoms with Crippen LogP contribution in [0.2, 0.25) is 0 Å². The Hall–Kier alpha value is -4.62. The molecular formula is C36H30B. The van der Waals surface area contributed by atoms with Gasteiger partial charge in [0.25, 0.3) is 0 Å². The fourth-order valence-corrected chi connectivity index (χ4v) is 3.78. The third kappa shape index (κ3) is 8.83. The predicted molar refractivity (Wildman–Crippen MR) is 161 cm³/mol. The molecule has 6 aromatic rings. The molecule has 0 bridgehead atoms. The van der Waals surface area contributed by atoms with Crippen LogP contribution in [-0.2, 0) is 0 Å². The second-order valence-corrected chi connectivity index (χ2v) is 8.20. The van der Waals surface area contributed by atoms with Gasteiger partial charge in [0.2, 0.25) is 0 Å². The van der Waals surface area contributed by atoms with Crippen LogP contribution in [0, 0.1) is 0 Å². The second kappa shape index (κ2) is 15.4. The highest BCUT2D eigenvalue weighted by Crippen LogP contribution is 2.19. The van der Waals surface area contributed by atoms with Crippen molar-refractivity contribution >= 4 is 8.41 Å². The zero-order chi connectivity index (χ0) is 24.7. The van der Waals surface area contributed by atoms with Crippen LogP contribution < -0.4 is 0 Å². The van der Waals surface area contributed by atoms with E-state index >= 15 is 0 Å². The van der Waals surface area contributed by atoms with Crippen molar-refractivity contribution in [2.24, 2.45) is 0 Å². The summed E-state index contributed by atoms with van der Waals surface area (Å²) in [6, 6.07) is 62.3. The smallest absolute Gasteiger partial charge is 0 e. The lowest BCUT2D eigenvalue weighted by Crippen LogP contribution is -1.73. The van der Waals surface area contributed by atoms with Crippen LogP contribution in [0.15, 0.2) is 182 Å². The van der Waals surface area contributed by atoms with E-state index in [1.54, 1.807) is 0 Å². The third-order valence-electron chi connectivity index (χ3n) is 5.64. The lowest BCUT2D eigenvalue weighted by Gasteiger charge is -1.98. The average molecular weight is 473 g/mol. The van der Waals surface area contributed by atoms with Crippen LogP contribution in [0.3, 0.4) is 0 Å². The van der Waals surface area contributed by atoms with Crippen LogP contribution >= 0.6 is 0 Å². The van der Waals surface area contributed by atoms with Gasteiger partial charge in [-0.05, 0) is 33.4 Å². The molecule has 0 saturated heterocycles. The first-order valence-electron chi connectivity index (χ1n) is 12.2. The number of hydrogen-bond acceptors (Lipinski definition) is 0. The Morgan fingerprint density at radius 1 is 0.162 bits per heavy atom. The van der Waals surface area contributed by atoms with E-state index < -0.39 is 0 Å². The molecule has 0 amide bonds. The Morgan fingerprint density at radius 3 is 0.378 bits per heavy atom. The van der Waals surface area contributed by atoms with E-state index in [2.05, 4.69) is 146 Å². The average Bonchev–Trinajstić information content (AvgIpc) is 3.01. The van der Waals surface area contributed by atoms with Gasteiger partial charge >= 0.3 is 0 Å². The van der Waals surface area contributed by atoms with Gasteiger partial charge in [-0.2, -0.15) is 0 Å². The zero-order valence-electron chi connectivity index (χ0n) is 20.9. The summed E-state index contributed by atoms with van der Waals surface area (Å²) in [6.45, 7) is 0. The monoisotopic (exact) mass is 473 g/mol. The second-order valence-electron chi connectivity index (χ2n) is 8.20. The van der Waals surface area contributed by atoms with E-state index in [9.17, 15) is 0 Å². The molecule has 6 aromatic carbocycles. The molecule has 0 atom stereocenters. The van der Waals surface area contributed by atoms with Gasteiger partial charge in [-0.15, -0.1) is 0 Å². The summed E-state index contributed by atoms with van der Waals surface area (Å²) in [5, 5.41) is 0. The van der Waals surface area contributed by atoms with Gasteiger partial charge in [0, 0.05) is 8.41 Å². The molecule has 0 heterocycles. The minimum absolute atomic E-state index is 0.